The first kappa shape index (κ1) is 23.9. The van der Waals surface area contributed by atoms with Crippen LogP contribution >= 0.6 is 0 Å². The molecule has 2 N–H and O–H groups in total. The number of carboxylic acids is 2. The number of aromatic carboxylic acids is 2. The number of carboxylic acid groups (broad SMARTS) is 2. The largest absolute Gasteiger partial charge is 0.478 e. The van der Waals surface area contributed by atoms with E-state index in [1.54, 1.807) is 60.7 Å². The van der Waals surface area contributed by atoms with Crippen molar-refractivity contribution in [2.24, 2.45) is 0 Å². The normalized spacial score (nSPS) is 8.53. The van der Waals surface area contributed by atoms with Crippen LogP contribution in [0, 0.1) is 0 Å². The lowest BCUT2D eigenvalue weighted by Gasteiger charge is -1.88. The van der Waals surface area contributed by atoms with Crippen LogP contribution in [0.4, 0.5) is 0 Å². The molecule has 0 heterocycles. The molecule has 4 rings (SSSR count). The minimum absolute atomic E-state index is 0.331. The van der Waals surface area contributed by atoms with Crippen molar-refractivity contribution in [1.29, 1.82) is 0 Å². The molecule has 152 valence electrons. The fraction of sp³-hybridized carbons (Fsp3) is 0. The smallest absolute Gasteiger partial charge is 0.335 e. The van der Waals surface area contributed by atoms with Crippen LogP contribution in [0.3, 0.4) is 0 Å². The van der Waals surface area contributed by atoms with Crippen molar-refractivity contribution in [3.63, 3.8) is 0 Å². The molecule has 4 nitrogen and oxygen atoms in total. The summed E-state index contributed by atoms with van der Waals surface area (Å²) in [5.74, 6) is -1.76. The number of benzene rings is 4. The monoisotopic (exact) mass is 400 g/mol. The van der Waals surface area contributed by atoms with Gasteiger partial charge in [-0.3, -0.25) is 0 Å². The highest BCUT2D eigenvalue weighted by Crippen LogP contribution is 1.96. The Bertz CT molecular complexity index is 791. The fourth-order valence-electron chi connectivity index (χ4n) is 1.93. The molecule has 0 atom stereocenters. The van der Waals surface area contributed by atoms with E-state index in [0.717, 1.165) is 0 Å². The average molecular weight is 400 g/mol. The van der Waals surface area contributed by atoms with Gasteiger partial charge in [0.2, 0.25) is 0 Å². The molecule has 0 aliphatic carbocycles. The van der Waals surface area contributed by atoms with Crippen molar-refractivity contribution in [2.75, 3.05) is 0 Å². The molecule has 4 aromatic carbocycles. The molecule has 0 aliphatic rings. The summed E-state index contributed by atoms with van der Waals surface area (Å²) < 4.78 is 0. The first-order valence-corrected chi connectivity index (χ1v) is 9.18. The van der Waals surface area contributed by atoms with E-state index in [2.05, 4.69) is 0 Å². The lowest BCUT2D eigenvalue weighted by atomic mass is 10.2. The van der Waals surface area contributed by atoms with Crippen LogP contribution in [0.15, 0.2) is 133 Å². The molecule has 0 aromatic heterocycles. The minimum Gasteiger partial charge on any atom is -0.478 e. The second-order valence-electron chi connectivity index (χ2n) is 5.65. The summed E-state index contributed by atoms with van der Waals surface area (Å²) in [5, 5.41) is 16.8. The Hall–Kier alpha value is -4.18. The van der Waals surface area contributed by atoms with Gasteiger partial charge in [0, 0.05) is 0 Å². The van der Waals surface area contributed by atoms with Gasteiger partial charge in [0.15, 0.2) is 0 Å². The highest BCUT2D eigenvalue weighted by Gasteiger charge is 1.97. The maximum absolute atomic E-state index is 10.2. The second kappa shape index (κ2) is 15.8. The van der Waals surface area contributed by atoms with Crippen molar-refractivity contribution < 1.29 is 19.8 Å². The molecular weight excluding hydrogens is 376 g/mol. The number of rotatable bonds is 2. The predicted octanol–water partition coefficient (Wildman–Crippen LogP) is 6.14. The first-order valence-electron chi connectivity index (χ1n) is 9.18. The van der Waals surface area contributed by atoms with Gasteiger partial charge in [0.1, 0.15) is 0 Å². The quantitative estimate of drug-likeness (QED) is 0.424. The zero-order valence-electron chi connectivity index (χ0n) is 16.4. The van der Waals surface area contributed by atoms with Gasteiger partial charge < -0.3 is 10.2 Å². The summed E-state index contributed by atoms with van der Waals surface area (Å²) in [6.07, 6.45) is 0. The third-order valence-electron chi connectivity index (χ3n) is 3.37. The highest BCUT2D eigenvalue weighted by atomic mass is 16.4. The summed E-state index contributed by atoms with van der Waals surface area (Å²) in [5.41, 5.74) is 0.662. The third-order valence-corrected chi connectivity index (χ3v) is 3.37. The molecule has 0 unspecified atom stereocenters. The van der Waals surface area contributed by atoms with E-state index in [4.69, 9.17) is 10.2 Å². The molecular formula is C26H24O4. The van der Waals surface area contributed by atoms with Gasteiger partial charge in [0.05, 0.1) is 11.1 Å². The zero-order chi connectivity index (χ0) is 21.9. The Morgan fingerprint density at radius 1 is 0.367 bits per heavy atom. The molecule has 4 aromatic rings. The molecule has 0 aliphatic heterocycles. The lowest BCUT2D eigenvalue weighted by molar-refractivity contribution is 0.0686. The predicted molar refractivity (Wildman–Crippen MR) is 120 cm³/mol. The summed E-state index contributed by atoms with van der Waals surface area (Å²) >= 11 is 0. The SMILES string of the molecule is O=C(O)c1ccccc1.O=C(O)c1ccccc1.c1ccccc1.c1ccccc1. The zero-order valence-corrected chi connectivity index (χ0v) is 16.4. The number of hydrogen-bond acceptors (Lipinski definition) is 2. The molecule has 0 fully saturated rings. The van der Waals surface area contributed by atoms with Gasteiger partial charge in [-0.2, -0.15) is 0 Å². The fourth-order valence-corrected chi connectivity index (χ4v) is 1.93. The molecule has 4 heteroatoms. The minimum atomic E-state index is -0.879. The number of hydrogen-bond donors (Lipinski definition) is 2. The molecule has 0 saturated heterocycles. The van der Waals surface area contributed by atoms with Crippen molar-refractivity contribution in [3.05, 3.63) is 145 Å². The summed E-state index contributed by atoms with van der Waals surface area (Å²) in [4.78, 5) is 20.4. The van der Waals surface area contributed by atoms with Gasteiger partial charge in [0.25, 0.3) is 0 Å². The standard InChI is InChI=1S/2C7H6O2.2C6H6/c2*8-7(9)6-4-2-1-3-5-6;2*1-2-4-6-5-3-1/h2*1-5H,(H,8,9);2*1-6H. The molecule has 0 spiro atoms. The Morgan fingerprint density at radius 3 is 0.667 bits per heavy atom. The van der Waals surface area contributed by atoms with Crippen molar-refractivity contribution >= 4 is 11.9 Å². The van der Waals surface area contributed by atoms with Gasteiger partial charge in [-0.15, -0.1) is 0 Å². The van der Waals surface area contributed by atoms with E-state index in [1.165, 1.54) is 0 Å². The highest BCUT2D eigenvalue weighted by molar-refractivity contribution is 5.87. The van der Waals surface area contributed by atoms with E-state index in [1.807, 2.05) is 72.8 Å². The first-order chi connectivity index (χ1) is 14.6. The van der Waals surface area contributed by atoms with Crippen molar-refractivity contribution in [1.82, 2.24) is 0 Å². The third kappa shape index (κ3) is 12.3. The molecule has 0 amide bonds. The van der Waals surface area contributed by atoms with Gasteiger partial charge in [-0.25, -0.2) is 9.59 Å². The Balaban J connectivity index is 0.000000204. The Kier molecular flexibility index (Phi) is 12.6. The van der Waals surface area contributed by atoms with Gasteiger partial charge in [-0.05, 0) is 24.3 Å². The topological polar surface area (TPSA) is 74.6 Å². The van der Waals surface area contributed by atoms with Gasteiger partial charge >= 0.3 is 11.9 Å². The van der Waals surface area contributed by atoms with Crippen LogP contribution in [0.5, 0.6) is 0 Å². The van der Waals surface area contributed by atoms with E-state index in [9.17, 15) is 9.59 Å². The maximum Gasteiger partial charge on any atom is 0.335 e. The molecule has 0 bridgehead atoms. The van der Waals surface area contributed by atoms with Crippen LogP contribution in [-0.2, 0) is 0 Å². The molecule has 0 radical (unpaired) electrons. The van der Waals surface area contributed by atoms with Crippen LogP contribution < -0.4 is 0 Å². The van der Waals surface area contributed by atoms with Crippen LogP contribution in [0.25, 0.3) is 0 Å². The maximum atomic E-state index is 10.2. The average Bonchev–Trinajstić information content (AvgIpc) is 2.84. The van der Waals surface area contributed by atoms with E-state index in [0.29, 0.717) is 11.1 Å². The number of carbonyl (C=O) groups is 2. The summed E-state index contributed by atoms with van der Waals surface area (Å²) in [7, 11) is 0. The van der Waals surface area contributed by atoms with Crippen LogP contribution in [0.2, 0.25) is 0 Å². The van der Waals surface area contributed by atoms with E-state index < -0.39 is 11.9 Å². The van der Waals surface area contributed by atoms with E-state index in [-0.39, 0.29) is 0 Å². The van der Waals surface area contributed by atoms with Crippen molar-refractivity contribution in [2.45, 2.75) is 0 Å². The van der Waals surface area contributed by atoms with Crippen molar-refractivity contribution in [3.8, 4) is 0 Å². The lowest BCUT2D eigenvalue weighted by Crippen LogP contribution is -1.93. The van der Waals surface area contributed by atoms with E-state index >= 15 is 0 Å². The molecule has 30 heavy (non-hydrogen) atoms. The summed E-state index contributed by atoms with van der Waals surface area (Å²) in [6, 6.07) is 40.6. The second-order valence-corrected chi connectivity index (χ2v) is 5.65. The van der Waals surface area contributed by atoms with Crippen LogP contribution in [0.1, 0.15) is 20.7 Å². The molecule has 0 saturated carbocycles. The van der Waals surface area contributed by atoms with Crippen LogP contribution in [-0.4, -0.2) is 22.2 Å². The summed E-state index contributed by atoms with van der Waals surface area (Å²) in [6.45, 7) is 0. The Morgan fingerprint density at radius 2 is 0.533 bits per heavy atom. The van der Waals surface area contributed by atoms with Gasteiger partial charge in [-0.1, -0.05) is 109 Å². The Labute approximate surface area is 176 Å².